The molecule has 0 heterocycles. The van der Waals surface area contributed by atoms with Crippen LogP contribution in [0, 0.1) is 0 Å². The molecular formula is C13H16. The highest BCUT2D eigenvalue weighted by molar-refractivity contribution is 5.43. The minimum atomic E-state index is 0.956. The van der Waals surface area contributed by atoms with Crippen LogP contribution < -0.4 is 0 Å². The normalized spacial score (nSPS) is 15.8. The zero-order chi connectivity index (χ0) is 9.84. The molecule has 0 aromatic rings. The smallest absolute Gasteiger partial charge is 0.00210 e. The lowest BCUT2D eigenvalue weighted by atomic mass is 9.97. The Kier molecular flexibility index (Phi) is 3.07. The SMILES string of the molecule is C=C(C)C1=CC=CC=C(C(=C)C)C1. The summed E-state index contributed by atoms with van der Waals surface area (Å²) in [6.07, 6.45) is 9.31. The Morgan fingerprint density at radius 2 is 1.38 bits per heavy atom. The molecule has 0 radical (unpaired) electrons. The Balaban J connectivity index is 2.92. The van der Waals surface area contributed by atoms with Gasteiger partial charge in [-0.3, -0.25) is 0 Å². The predicted octanol–water partition coefficient (Wildman–Crippen LogP) is 3.95. The van der Waals surface area contributed by atoms with E-state index in [9.17, 15) is 0 Å². The summed E-state index contributed by atoms with van der Waals surface area (Å²) in [5.74, 6) is 0. The monoisotopic (exact) mass is 172 g/mol. The van der Waals surface area contributed by atoms with E-state index in [1.54, 1.807) is 0 Å². The van der Waals surface area contributed by atoms with E-state index in [-0.39, 0.29) is 0 Å². The Bertz CT molecular complexity index is 290. The van der Waals surface area contributed by atoms with Gasteiger partial charge >= 0.3 is 0 Å². The topological polar surface area (TPSA) is 0 Å². The van der Waals surface area contributed by atoms with Crippen LogP contribution in [0.4, 0.5) is 0 Å². The van der Waals surface area contributed by atoms with Gasteiger partial charge in [-0.05, 0) is 31.4 Å². The zero-order valence-corrected chi connectivity index (χ0v) is 8.43. The molecule has 0 amide bonds. The van der Waals surface area contributed by atoms with Crippen LogP contribution in [0.2, 0.25) is 0 Å². The molecule has 0 bridgehead atoms. The number of hydrogen-bond acceptors (Lipinski definition) is 0. The van der Waals surface area contributed by atoms with Crippen LogP contribution in [-0.2, 0) is 0 Å². The molecule has 1 aliphatic rings. The molecule has 0 saturated heterocycles. The van der Waals surface area contributed by atoms with E-state index in [1.807, 2.05) is 13.8 Å². The highest BCUT2D eigenvalue weighted by atomic mass is 14.1. The van der Waals surface area contributed by atoms with Crippen LogP contribution in [0.15, 0.2) is 59.8 Å². The van der Waals surface area contributed by atoms with Crippen molar-refractivity contribution in [3.8, 4) is 0 Å². The molecule has 13 heavy (non-hydrogen) atoms. The van der Waals surface area contributed by atoms with Crippen molar-refractivity contribution in [1.29, 1.82) is 0 Å². The van der Waals surface area contributed by atoms with Gasteiger partial charge in [-0.15, -0.1) is 0 Å². The van der Waals surface area contributed by atoms with E-state index in [4.69, 9.17) is 0 Å². The average Bonchev–Trinajstić information content (AvgIpc) is 2.28. The number of rotatable bonds is 2. The molecule has 0 N–H and O–H groups in total. The van der Waals surface area contributed by atoms with Gasteiger partial charge in [-0.25, -0.2) is 0 Å². The van der Waals surface area contributed by atoms with Crippen molar-refractivity contribution >= 4 is 0 Å². The molecular weight excluding hydrogens is 156 g/mol. The summed E-state index contributed by atoms with van der Waals surface area (Å²) in [6.45, 7) is 12.0. The third-order valence-corrected chi connectivity index (χ3v) is 2.18. The molecule has 0 atom stereocenters. The van der Waals surface area contributed by atoms with Crippen LogP contribution in [0.3, 0.4) is 0 Å². The van der Waals surface area contributed by atoms with Crippen molar-refractivity contribution < 1.29 is 0 Å². The van der Waals surface area contributed by atoms with Crippen molar-refractivity contribution in [3.05, 3.63) is 59.8 Å². The van der Waals surface area contributed by atoms with Crippen LogP contribution in [-0.4, -0.2) is 0 Å². The Morgan fingerprint density at radius 3 is 1.69 bits per heavy atom. The molecule has 0 aromatic carbocycles. The van der Waals surface area contributed by atoms with Gasteiger partial charge in [-0.1, -0.05) is 48.6 Å². The second-order valence-corrected chi connectivity index (χ2v) is 3.51. The fourth-order valence-corrected chi connectivity index (χ4v) is 1.25. The first-order valence-electron chi connectivity index (χ1n) is 4.49. The summed E-state index contributed by atoms with van der Waals surface area (Å²) < 4.78 is 0. The van der Waals surface area contributed by atoms with E-state index in [0.29, 0.717) is 0 Å². The van der Waals surface area contributed by atoms with Gasteiger partial charge in [0.2, 0.25) is 0 Å². The fourth-order valence-electron chi connectivity index (χ4n) is 1.25. The first-order valence-corrected chi connectivity index (χ1v) is 4.49. The lowest BCUT2D eigenvalue weighted by molar-refractivity contribution is 1.13. The molecule has 0 fully saturated rings. The molecule has 0 nitrogen and oxygen atoms in total. The number of allylic oxidation sites excluding steroid dienone is 8. The minimum Gasteiger partial charge on any atom is -0.0958 e. The second-order valence-electron chi connectivity index (χ2n) is 3.51. The summed E-state index contributed by atoms with van der Waals surface area (Å²) in [6, 6.07) is 0. The van der Waals surface area contributed by atoms with E-state index < -0.39 is 0 Å². The first kappa shape index (κ1) is 9.79. The van der Waals surface area contributed by atoms with Crippen LogP contribution in [0.25, 0.3) is 0 Å². The van der Waals surface area contributed by atoms with Crippen molar-refractivity contribution in [2.24, 2.45) is 0 Å². The van der Waals surface area contributed by atoms with Gasteiger partial charge in [-0.2, -0.15) is 0 Å². The van der Waals surface area contributed by atoms with Gasteiger partial charge in [0, 0.05) is 0 Å². The van der Waals surface area contributed by atoms with Gasteiger partial charge < -0.3 is 0 Å². The number of hydrogen-bond donors (Lipinski definition) is 0. The second kappa shape index (κ2) is 4.08. The minimum absolute atomic E-state index is 0.956. The average molecular weight is 172 g/mol. The molecule has 0 aromatic heterocycles. The third-order valence-electron chi connectivity index (χ3n) is 2.18. The van der Waals surface area contributed by atoms with Crippen molar-refractivity contribution in [2.75, 3.05) is 0 Å². The predicted molar refractivity (Wildman–Crippen MR) is 59.6 cm³/mol. The van der Waals surface area contributed by atoms with Crippen LogP contribution in [0.1, 0.15) is 20.3 Å². The van der Waals surface area contributed by atoms with E-state index in [1.165, 1.54) is 11.1 Å². The highest BCUT2D eigenvalue weighted by Crippen LogP contribution is 2.24. The summed E-state index contributed by atoms with van der Waals surface area (Å²) in [4.78, 5) is 0. The van der Waals surface area contributed by atoms with Gasteiger partial charge in [0.05, 0.1) is 0 Å². The lowest BCUT2D eigenvalue weighted by Crippen LogP contribution is -1.89. The molecule has 1 rings (SSSR count). The van der Waals surface area contributed by atoms with Gasteiger partial charge in [0.1, 0.15) is 0 Å². The standard InChI is InChI=1S/C13H16/c1-10(2)12-7-5-6-8-13(9-12)11(3)4/h5-8H,1,3,9H2,2,4H3. The van der Waals surface area contributed by atoms with Crippen LogP contribution >= 0.6 is 0 Å². The van der Waals surface area contributed by atoms with E-state index in [0.717, 1.165) is 17.6 Å². The fraction of sp³-hybridized carbons (Fsp3) is 0.231. The van der Waals surface area contributed by atoms with E-state index >= 15 is 0 Å². The quantitative estimate of drug-likeness (QED) is 0.591. The first-order chi connectivity index (χ1) is 6.11. The molecule has 0 spiro atoms. The maximum Gasteiger partial charge on any atom is -0.00210 e. The van der Waals surface area contributed by atoms with Crippen molar-refractivity contribution in [1.82, 2.24) is 0 Å². The lowest BCUT2D eigenvalue weighted by Gasteiger charge is -2.08. The maximum absolute atomic E-state index is 3.96. The maximum atomic E-state index is 3.96. The Morgan fingerprint density at radius 1 is 1.00 bits per heavy atom. The van der Waals surface area contributed by atoms with Crippen LogP contribution in [0.5, 0.6) is 0 Å². The molecule has 1 aliphatic carbocycles. The third kappa shape index (κ3) is 2.59. The van der Waals surface area contributed by atoms with Gasteiger partial charge in [0.25, 0.3) is 0 Å². The summed E-state index contributed by atoms with van der Waals surface area (Å²) in [5, 5.41) is 0. The van der Waals surface area contributed by atoms with Crippen molar-refractivity contribution in [2.45, 2.75) is 20.3 Å². The molecule has 0 unspecified atom stereocenters. The largest absolute Gasteiger partial charge is 0.0958 e. The molecule has 0 heteroatoms. The Labute approximate surface area is 80.7 Å². The van der Waals surface area contributed by atoms with Gasteiger partial charge in [0.15, 0.2) is 0 Å². The highest BCUT2D eigenvalue weighted by Gasteiger charge is 2.04. The summed E-state index contributed by atoms with van der Waals surface area (Å²) in [7, 11) is 0. The van der Waals surface area contributed by atoms with Crippen molar-refractivity contribution in [3.63, 3.8) is 0 Å². The van der Waals surface area contributed by atoms with E-state index in [2.05, 4.69) is 37.5 Å². The molecule has 0 saturated carbocycles. The molecule has 68 valence electrons. The zero-order valence-electron chi connectivity index (χ0n) is 8.43. The summed E-state index contributed by atoms with van der Waals surface area (Å²) in [5.41, 5.74) is 4.86. The Hall–Kier alpha value is -1.30. The summed E-state index contributed by atoms with van der Waals surface area (Å²) >= 11 is 0. The molecule has 0 aliphatic heterocycles.